The number of carbonyl (C=O) groups excluding carboxylic acids is 2. The highest BCUT2D eigenvalue weighted by atomic mass is 32.1. The van der Waals surface area contributed by atoms with Crippen molar-refractivity contribution in [2.24, 2.45) is 0 Å². The first-order valence-electron chi connectivity index (χ1n) is 5.93. The lowest BCUT2D eigenvalue weighted by molar-refractivity contribution is -0.127. The van der Waals surface area contributed by atoms with Gasteiger partial charge in [-0.25, -0.2) is 0 Å². The predicted octanol–water partition coefficient (Wildman–Crippen LogP) is 0.622. The zero-order chi connectivity index (χ0) is 13.3. The van der Waals surface area contributed by atoms with Gasteiger partial charge >= 0.3 is 0 Å². The largest absolute Gasteiger partial charge is 0.353 e. The number of nitrogens with zero attached hydrogens (tertiary/aromatic N) is 3. The van der Waals surface area contributed by atoms with Gasteiger partial charge in [-0.3, -0.25) is 9.59 Å². The van der Waals surface area contributed by atoms with Gasteiger partial charge in [0.1, 0.15) is 10.9 Å². The summed E-state index contributed by atoms with van der Waals surface area (Å²) in [5.41, 5.74) is 0.711. The average molecular weight is 268 g/mol. The van der Waals surface area contributed by atoms with E-state index in [9.17, 15) is 9.59 Å². The van der Waals surface area contributed by atoms with Crippen molar-refractivity contribution in [3.05, 3.63) is 10.6 Å². The number of aromatic nitrogens is 2. The molecular weight excluding hydrogens is 252 g/mol. The molecule has 1 aliphatic rings. The van der Waals surface area contributed by atoms with E-state index in [0.29, 0.717) is 23.7 Å². The molecule has 2 rings (SSSR count). The van der Waals surface area contributed by atoms with Crippen molar-refractivity contribution >= 4 is 23.3 Å². The second kappa shape index (κ2) is 5.01. The molecule has 1 aromatic heterocycles. The first-order valence-corrected chi connectivity index (χ1v) is 6.70. The summed E-state index contributed by atoms with van der Waals surface area (Å²) in [7, 11) is 0. The molecule has 1 N–H and O–H groups in total. The van der Waals surface area contributed by atoms with Gasteiger partial charge in [0.05, 0.1) is 5.69 Å². The standard InChI is InChI=1S/C11H16N4O2S/c1-6(2)8-9(18-14-13-8)11(17)15-5-4-12-10(16)7(15)3/h6-7H,4-5H2,1-3H3,(H,12,16). The number of nitrogens with one attached hydrogen (secondary N) is 1. The van der Waals surface area contributed by atoms with Crippen molar-refractivity contribution in [1.82, 2.24) is 19.8 Å². The summed E-state index contributed by atoms with van der Waals surface area (Å²) < 4.78 is 3.85. The Morgan fingerprint density at radius 1 is 1.56 bits per heavy atom. The summed E-state index contributed by atoms with van der Waals surface area (Å²) in [6.45, 7) is 6.70. The van der Waals surface area contributed by atoms with E-state index >= 15 is 0 Å². The summed E-state index contributed by atoms with van der Waals surface area (Å²) in [4.78, 5) is 26.1. The zero-order valence-corrected chi connectivity index (χ0v) is 11.5. The van der Waals surface area contributed by atoms with E-state index in [4.69, 9.17) is 0 Å². The van der Waals surface area contributed by atoms with Gasteiger partial charge in [0.2, 0.25) is 5.91 Å². The molecule has 7 heteroatoms. The van der Waals surface area contributed by atoms with Gasteiger partial charge in [-0.05, 0) is 24.4 Å². The van der Waals surface area contributed by atoms with Crippen molar-refractivity contribution in [1.29, 1.82) is 0 Å². The van der Waals surface area contributed by atoms with Crippen LogP contribution in [0.4, 0.5) is 0 Å². The van der Waals surface area contributed by atoms with E-state index in [-0.39, 0.29) is 17.7 Å². The van der Waals surface area contributed by atoms with Crippen LogP contribution in [-0.4, -0.2) is 45.4 Å². The quantitative estimate of drug-likeness (QED) is 0.853. The Labute approximate surface area is 110 Å². The lowest BCUT2D eigenvalue weighted by atomic mass is 10.1. The number of piperazine rings is 1. The van der Waals surface area contributed by atoms with Gasteiger partial charge < -0.3 is 10.2 Å². The van der Waals surface area contributed by atoms with Gasteiger partial charge in [0.15, 0.2) is 0 Å². The third-order valence-electron chi connectivity index (χ3n) is 3.01. The number of hydrogen-bond donors (Lipinski definition) is 1. The van der Waals surface area contributed by atoms with Crippen molar-refractivity contribution in [3.8, 4) is 0 Å². The molecule has 0 bridgehead atoms. The van der Waals surface area contributed by atoms with Gasteiger partial charge in [-0.2, -0.15) is 0 Å². The molecule has 1 aromatic rings. The van der Waals surface area contributed by atoms with Crippen molar-refractivity contribution < 1.29 is 9.59 Å². The highest BCUT2D eigenvalue weighted by Crippen LogP contribution is 2.22. The molecule has 0 aliphatic carbocycles. The van der Waals surface area contributed by atoms with Crippen LogP contribution in [0.5, 0.6) is 0 Å². The number of carbonyl (C=O) groups is 2. The van der Waals surface area contributed by atoms with Crippen LogP contribution in [0.25, 0.3) is 0 Å². The molecule has 1 fully saturated rings. The fourth-order valence-corrected chi connectivity index (χ4v) is 2.69. The molecule has 2 heterocycles. The summed E-state index contributed by atoms with van der Waals surface area (Å²) >= 11 is 1.10. The van der Waals surface area contributed by atoms with Gasteiger partial charge in [-0.15, -0.1) is 5.10 Å². The minimum atomic E-state index is -0.437. The second-order valence-corrected chi connectivity index (χ2v) is 5.36. The third-order valence-corrected chi connectivity index (χ3v) is 3.74. The molecule has 0 saturated carbocycles. The maximum Gasteiger partial charge on any atom is 0.268 e. The summed E-state index contributed by atoms with van der Waals surface area (Å²) in [5, 5.41) is 6.73. The number of hydrogen-bond acceptors (Lipinski definition) is 5. The molecule has 2 amide bonds. The highest BCUT2D eigenvalue weighted by Gasteiger charge is 2.32. The molecule has 0 radical (unpaired) electrons. The second-order valence-electron chi connectivity index (χ2n) is 4.61. The Balaban J connectivity index is 2.25. The molecule has 1 atom stereocenters. The van der Waals surface area contributed by atoms with E-state index in [1.165, 1.54) is 0 Å². The maximum absolute atomic E-state index is 12.4. The van der Waals surface area contributed by atoms with E-state index in [1.54, 1.807) is 11.8 Å². The van der Waals surface area contributed by atoms with Crippen LogP contribution >= 0.6 is 11.5 Å². The smallest absolute Gasteiger partial charge is 0.268 e. The molecule has 0 aromatic carbocycles. The van der Waals surface area contributed by atoms with Crippen LogP contribution in [-0.2, 0) is 4.79 Å². The van der Waals surface area contributed by atoms with Crippen molar-refractivity contribution in [2.45, 2.75) is 32.7 Å². The molecule has 18 heavy (non-hydrogen) atoms. The first-order chi connectivity index (χ1) is 8.52. The Kier molecular flexibility index (Phi) is 3.60. The van der Waals surface area contributed by atoms with E-state index in [2.05, 4.69) is 14.9 Å². The molecular formula is C11H16N4O2S. The molecule has 98 valence electrons. The summed E-state index contributed by atoms with van der Waals surface area (Å²) in [5.74, 6) is -0.106. The number of amides is 2. The Morgan fingerprint density at radius 3 is 2.94 bits per heavy atom. The molecule has 0 spiro atoms. The van der Waals surface area contributed by atoms with Crippen LogP contribution in [0.1, 0.15) is 42.1 Å². The minimum absolute atomic E-state index is 0.113. The van der Waals surface area contributed by atoms with Crippen LogP contribution < -0.4 is 5.32 Å². The molecule has 6 nitrogen and oxygen atoms in total. The van der Waals surface area contributed by atoms with Gasteiger partial charge in [0.25, 0.3) is 5.91 Å². The van der Waals surface area contributed by atoms with Gasteiger partial charge in [0, 0.05) is 13.1 Å². The van der Waals surface area contributed by atoms with E-state index in [0.717, 1.165) is 11.5 Å². The van der Waals surface area contributed by atoms with Crippen LogP contribution in [0.2, 0.25) is 0 Å². The summed E-state index contributed by atoms with van der Waals surface area (Å²) in [6.07, 6.45) is 0. The Morgan fingerprint density at radius 2 is 2.28 bits per heavy atom. The monoisotopic (exact) mass is 268 g/mol. The minimum Gasteiger partial charge on any atom is -0.353 e. The zero-order valence-electron chi connectivity index (χ0n) is 10.6. The lowest BCUT2D eigenvalue weighted by Gasteiger charge is -2.32. The van der Waals surface area contributed by atoms with E-state index < -0.39 is 6.04 Å². The molecule has 1 unspecified atom stereocenters. The van der Waals surface area contributed by atoms with Crippen LogP contribution in [0, 0.1) is 0 Å². The van der Waals surface area contributed by atoms with Crippen LogP contribution in [0.15, 0.2) is 0 Å². The molecule has 1 saturated heterocycles. The Hall–Kier alpha value is -1.50. The third kappa shape index (κ3) is 2.22. The Bertz CT molecular complexity index is 471. The number of rotatable bonds is 2. The normalized spacial score (nSPS) is 20.1. The highest BCUT2D eigenvalue weighted by molar-refractivity contribution is 7.08. The summed E-state index contributed by atoms with van der Waals surface area (Å²) in [6, 6.07) is -0.437. The van der Waals surface area contributed by atoms with Crippen molar-refractivity contribution in [2.75, 3.05) is 13.1 Å². The SMILES string of the molecule is CC(C)c1nnsc1C(=O)N1CCNC(=O)C1C. The fourth-order valence-electron chi connectivity index (χ4n) is 1.91. The predicted molar refractivity (Wildman–Crippen MR) is 67.5 cm³/mol. The maximum atomic E-state index is 12.4. The average Bonchev–Trinajstić information content (AvgIpc) is 2.81. The topological polar surface area (TPSA) is 75.2 Å². The van der Waals surface area contributed by atoms with Crippen molar-refractivity contribution in [3.63, 3.8) is 0 Å². The lowest BCUT2D eigenvalue weighted by Crippen LogP contribution is -2.55. The first kappa shape index (κ1) is 12.9. The fraction of sp³-hybridized carbons (Fsp3) is 0.636. The molecule has 1 aliphatic heterocycles. The van der Waals surface area contributed by atoms with Crippen LogP contribution in [0.3, 0.4) is 0 Å². The van der Waals surface area contributed by atoms with E-state index in [1.807, 2.05) is 13.8 Å². The van der Waals surface area contributed by atoms with Gasteiger partial charge in [-0.1, -0.05) is 18.3 Å².